The molecule has 0 aliphatic carbocycles. The average molecular weight is 405 g/mol. The molecule has 8 heteroatoms. The van der Waals surface area contributed by atoms with Crippen molar-refractivity contribution >= 4 is 33.2 Å². The molecule has 1 aromatic carbocycles. The minimum Gasteiger partial charge on any atom is -0.461 e. The molecule has 0 saturated heterocycles. The van der Waals surface area contributed by atoms with Crippen molar-refractivity contribution in [3.63, 3.8) is 0 Å². The number of aryl methyl sites for hydroxylation is 2. The van der Waals surface area contributed by atoms with Gasteiger partial charge < -0.3 is 4.74 Å². The topological polar surface area (TPSA) is 77.7 Å². The van der Waals surface area contributed by atoms with Gasteiger partial charge in [-0.1, -0.05) is 17.7 Å². The van der Waals surface area contributed by atoms with Crippen molar-refractivity contribution in [2.45, 2.75) is 35.6 Å². The maximum Gasteiger partial charge on any atom is 0.358 e. The van der Waals surface area contributed by atoms with Gasteiger partial charge in [0.2, 0.25) is 9.84 Å². The molecule has 2 heterocycles. The summed E-state index contributed by atoms with van der Waals surface area (Å²) in [6, 6.07) is 8.25. The highest BCUT2D eigenvalue weighted by molar-refractivity contribution is 7.98. The Balaban J connectivity index is 2.25. The Labute approximate surface area is 162 Å². The number of pyridine rings is 1. The number of thioether (sulfide) groups is 1. The van der Waals surface area contributed by atoms with Crippen LogP contribution in [0.3, 0.4) is 0 Å². The van der Waals surface area contributed by atoms with Crippen LogP contribution >= 0.6 is 11.8 Å². The van der Waals surface area contributed by atoms with E-state index in [1.54, 1.807) is 44.2 Å². The molecule has 6 nitrogen and oxygen atoms in total. The van der Waals surface area contributed by atoms with Gasteiger partial charge in [-0.3, -0.25) is 4.40 Å². The Morgan fingerprint density at radius 1 is 1.19 bits per heavy atom. The van der Waals surface area contributed by atoms with E-state index >= 15 is 0 Å². The largest absolute Gasteiger partial charge is 0.461 e. The standard InChI is InChI=1S/C19H20N2O4S2/c1-5-25-19(22)16-18(26-4)20-17-13(3)10-15(11-21(16)17)27(23,24)14-8-6-12(2)7-9-14/h6-11H,5H2,1-4H3. The first-order valence-electron chi connectivity index (χ1n) is 8.35. The van der Waals surface area contributed by atoms with E-state index in [0.717, 1.165) is 5.56 Å². The quantitative estimate of drug-likeness (QED) is 0.477. The number of rotatable bonds is 5. The normalized spacial score (nSPS) is 11.7. The number of fused-ring (bicyclic) bond motifs is 1. The minimum atomic E-state index is -3.73. The van der Waals surface area contributed by atoms with Crippen molar-refractivity contribution in [1.29, 1.82) is 0 Å². The highest BCUT2D eigenvalue weighted by atomic mass is 32.2. The third-order valence-electron chi connectivity index (χ3n) is 4.15. The highest BCUT2D eigenvalue weighted by Crippen LogP contribution is 2.28. The number of imidazole rings is 1. The van der Waals surface area contributed by atoms with Crippen molar-refractivity contribution in [1.82, 2.24) is 9.38 Å². The van der Waals surface area contributed by atoms with E-state index in [4.69, 9.17) is 4.74 Å². The molecule has 0 atom stereocenters. The molecule has 0 unspecified atom stereocenters. The first-order chi connectivity index (χ1) is 12.8. The summed E-state index contributed by atoms with van der Waals surface area (Å²) in [5.74, 6) is -0.529. The maximum atomic E-state index is 13.1. The van der Waals surface area contributed by atoms with Crippen LogP contribution in [0.5, 0.6) is 0 Å². The fraction of sp³-hybridized carbons (Fsp3) is 0.263. The van der Waals surface area contributed by atoms with Crippen molar-refractivity contribution in [2.75, 3.05) is 12.9 Å². The lowest BCUT2D eigenvalue weighted by Crippen LogP contribution is -2.11. The highest BCUT2D eigenvalue weighted by Gasteiger charge is 2.25. The van der Waals surface area contributed by atoms with Crippen LogP contribution in [0.2, 0.25) is 0 Å². The summed E-state index contributed by atoms with van der Waals surface area (Å²) in [6.45, 7) is 5.61. The van der Waals surface area contributed by atoms with E-state index in [-0.39, 0.29) is 22.1 Å². The second-order valence-corrected chi connectivity index (χ2v) is 8.80. The predicted octanol–water partition coefficient (Wildman–Crippen LogP) is 3.68. The van der Waals surface area contributed by atoms with Crippen LogP contribution in [0.4, 0.5) is 0 Å². The lowest BCUT2D eigenvalue weighted by atomic mass is 10.2. The van der Waals surface area contributed by atoms with Gasteiger partial charge in [-0.2, -0.15) is 0 Å². The zero-order chi connectivity index (χ0) is 19.8. The average Bonchev–Trinajstić information content (AvgIpc) is 3.01. The third-order valence-corrected chi connectivity index (χ3v) is 6.56. The van der Waals surface area contributed by atoms with E-state index in [2.05, 4.69) is 4.98 Å². The molecule has 0 radical (unpaired) electrons. The van der Waals surface area contributed by atoms with E-state index in [9.17, 15) is 13.2 Å². The Kier molecular flexibility index (Phi) is 5.30. The number of hydrogen-bond acceptors (Lipinski definition) is 6. The smallest absolute Gasteiger partial charge is 0.358 e. The van der Waals surface area contributed by atoms with Gasteiger partial charge >= 0.3 is 5.97 Å². The van der Waals surface area contributed by atoms with E-state index in [1.165, 1.54) is 22.4 Å². The van der Waals surface area contributed by atoms with Crippen LogP contribution in [0.15, 0.2) is 51.3 Å². The lowest BCUT2D eigenvalue weighted by Gasteiger charge is -2.09. The van der Waals surface area contributed by atoms with Gasteiger partial charge in [0, 0.05) is 6.20 Å². The molecule has 27 heavy (non-hydrogen) atoms. The molecular formula is C19H20N2O4S2. The number of sulfone groups is 1. The van der Waals surface area contributed by atoms with Crippen LogP contribution in [-0.4, -0.2) is 36.6 Å². The summed E-state index contributed by atoms with van der Waals surface area (Å²) in [6.07, 6.45) is 3.25. The molecule has 2 aromatic heterocycles. The number of carbonyl (C=O) groups excluding carboxylic acids is 1. The van der Waals surface area contributed by atoms with E-state index in [0.29, 0.717) is 16.2 Å². The monoisotopic (exact) mass is 404 g/mol. The number of hydrogen-bond donors (Lipinski definition) is 0. The summed E-state index contributed by atoms with van der Waals surface area (Å²) in [4.78, 5) is 17.2. The summed E-state index contributed by atoms with van der Waals surface area (Å²) in [5.41, 5.74) is 2.41. The Hall–Kier alpha value is -2.32. The molecule has 3 aromatic rings. The summed E-state index contributed by atoms with van der Waals surface area (Å²) >= 11 is 1.31. The lowest BCUT2D eigenvalue weighted by molar-refractivity contribution is 0.0513. The molecule has 3 rings (SSSR count). The third kappa shape index (κ3) is 3.46. The molecule has 0 bridgehead atoms. The van der Waals surface area contributed by atoms with E-state index < -0.39 is 15.8 Å². The van der Waals surface area contributed by atoms with Gasteiger partial charge in [-0.25, -0.2) is 18.2 Å². The molecular weight excluding hydrogens is 384 g/mol. The van der Waals surface area contributed by atoms with E-state index in [1.807, 2.05) is 13.2 Å². The summed E-state index contributed by atoms with van der Waals surface area (Å²) in [7, 11) is -3.73. The predicted molar refractivity (Wildman–Crippen MR) is 104 cm³/mol. The van der Waals surface area contributed by atoms with Crippen LogP contribution in [-0.2, 0) is 14.6 Å². The number of nitrogens with zero attached hydrogens (tertiary/aromatic N) is 2. The molecule has 0 aliphatic heterocycles. The van der Waals surface area contributed by atoms with Gasteiger partial charge in [0.05, 0.1) is 16.4 Å². The first kappa shape index (κ1) is 19.4. The van der Waals surface area contributed by atoms with Crippen LogP contribution < -0.4 is 0 Å². The number of esters is 1. The Bertz CT molecular complexity index is 1120. The fourth-order valence-corrected chi connectivity index (χ4v) is 4.68. The number of carbonyl (C=O) groups is 1. The van der Waals surface area contributed by atoms with Crippen molar-refractivity contribution in [3.05, 3.63) is 53.3 Å². The molecule has 0 aliphatic rings. The fourth-order valence-electron chi connectivity index (χ4n) is 2.79. The van der Waals surface area contributed by atoms with Crippen molar-refractivity contribution in [2.24, 2.45) is 0 Å². The minimum absolute atomic E-state index is 0.104. The van der Waals surface area contributed by atoms with Crippen molar-refractivity contribution in [3.8, 4) is 0 Å². The molecule has 142 valence electrons. The van der Waals surface area contributed by atoms with Gasteiger partial charge in [0.1, 0.15) is 10.7 Å². The maximum absolute atomic E-state index is 13.1. The number of ether oxygens (including phenoxy) is 1. The molecule has 0 fully saturated rings. The number of benzene rings is 1. The Morgan fingerprint density at radius 3 is 2.44 bits per heavy atom. The van der Waals surface area contributed by atoms with Crippen LogP contribution in [0.25, 0.3) is 5.65 Å². The SMILES string of the molecule is CCOC(=O)c1c(SC)nc2c(C)cc(S(=O)(=O)c3ccc(C)cc3)cn12. The zero-order valence-electron chi connectivity index (χ0n) is 15.5. The van der Waals surface area contributed by atoms with Gasteiger partial charge in [0.25, 0.3) is 0 Å². The molecule has 0 spiro atoms. The van der Waals surface area contributed by atoms with Gasteiger partial charge in [0.15, 0.2) is 5.69 Å². The van der Waals surface area contributed by atoms with Gasteiger partial charge in [-0.05, 0) is 50.8 Å². The summed E-state index contributed by atoms with van der Waals surface area (Å²) < 4.78 is 32.8. The zero-order valence-corrected chi connectivity index (χ0v) is 17.1. The molecule has 0 N–H and O–H groups in total. The second-order valence-electron chi connectivity index (χ2n) is 6.06. The Morgan fingerprint density at radius 2 is 1.85 bits per heavy atom. The summed E-state index contributed by atoms with van der Waals surface area (Å²) in [5, 5.41) is 0.501. The number of aromatic nitrogens is 2. The first-order valence-corrected chi connectivity index (χ1v) is 11.1. The second kappa shape index (κ2) is 7.36. The van der Waals surface area contributed by atoms with Crippen LogP contribution in [0, 0.1) is 13.8 Å². The molecule has 0 amide bonds. The van der Waals surface area contributed by atoms with Crippen LogP contribution in [0.1, 0.15) is 28.5 Å². The molecule has 0 saturated carbocycles. The van der Waals surface area contributed by atoms with Crippen molar-refractivity contribution < 1.29 is 17.9 Å². The van der Waals surface area contributed by atoms with Gasteiger partial charge in [-0.15, -0.1) is 11.8 Å².